The van der Waals surface area contributed by atoms with Gasteiger partial charge in [0.2, 0.25) is 5.91 Å². The Morgan fingerprint density at radius 1 is 1.33 bits per heavy atom. The molecule has 0 heterocycles. The van der Waals surface area contributed by atoms with Crippen molar-refractivity contribution in [3.8, 4) is 0 Å². The summed E-state index contributed by atoms with van der Waals surface area (Å²) < 4.78 is 0. The van der Waals surface area contributed by atoms with Crippen LogP contribution in [0.25, 0.3) is 0 Å². The molecule has 2 N–H and O–H groups in total. The van der Waals surface area contributed by atoms with E-state index in [2.05, 4.69) is 6.58 Å². The van der Waals surface area contributed by atoms with Crippen molar-refractivity contribution in [1.29, 1.82) is 0 Å². The maximum absolute atomic E-state index is 11.6. The molecule has 0 aromatic heterocycles. The molecule has 0 bridgehead atoms. The fourth-order valence-electron chi connectivity index (χ4n) is 1.66. The number of amides is 1. The van der Waals surface area contributed by atoms with Gasteiger partial charge in [-0.2, -0.15) is 0 Å². The van der Waals surface area contributed by atoms with Crippen LogP contribution in [0.1, 0.15) is 5.56 Å². The third-order valence-corrected chi connectivity index (χ3v) is 2.70. The molecule has 0 aliphatic rings. The molecule has 1 amide bonds. The minimum atomic E-state index is -0.0633. The first kappa shape index (κ1) is 14.3. The molecule has 4 heteroatoms. The van der Waals surface area contributed by atoms with E-state index in [4.69, 9.17) is 5.73 Å². The normalized spacial score (nSPS) is 9.94. The van der Waals surface area contributed by atoms with Crippen molar-refractivity contribution in [3.63, 3.8) is 0 Å². The van der Waals surface area contributed by atoms with Crippen LogP contribution in [0, 0.1) is 0 Å². The summed E-state index contributed by atoms with van der Waals surface area (Å²) in [4.78, 5) is 15.4. The van der Waals surface area contributed by atoms with E-state index < -0.39 is 0 Å². The predicted molar refractivity (Wildman–Crippen MR) is 75.4 cm³/mol. The van der Waals surface area contributed by atoms with Crippen LogP contribution in [-0.4, -0.2) is 38.0 Å². The summed E-state index contributed by atoms with van der Waals surface area (Å²) >= 11 is 0. The van der Waals surface area contributed by atoms with Gasteiger partial charge in [-0.3, -0.25) is 4.79 Å². The van der Waals surface area contributed by atoms with E-state index in [1.54, 1.807) is 11.0 Å². The molecular weight excluding hydrogens is 226 g/mol. The molecule has 18 heavy (non-hydrogen) atoms. The fraction of sp³-hybridized carbons (Fsp3) is 0.357. The highest BCUT2D eigenvalue weighted by Crippen LogP contribution is 2.13. The SMILES string of the molecule is C=CCN(Cc1ccc(N(C)C)cc1)C(=O)CN. The van der Waals surface area contributed by atoms with Crippen LogP contribution in [0.3, 0.4) is 0 Å². The number of benzene rings is 1. The van der Waals surface area contributed by atoms with E-state index in [0.717, 1.165) is 11.3 Å². The number of nitrogens with two attached hydrogens (primary N) is 1. The molecule has 1 aromatic carbocycles. The Bertz CT molecular complexity index is 398. The van der Waals surface area contributed by atoms with Crippen molar-refractivity contribution < 1.29 is 4.79 Å². The highest BCUT2D eigenvalue weighted by molar-refractivity contribution is 5.78. The van der Waals surface area contributed by atoms with Crippen molar-refractivity contribution in [2.45, 2.75) is 6.54 Å². The first-order valence-electron chi connectivity index (χ1n) is 5.93. The van der Waals surface area contributed by atoms with Crippen LogP contribution >= 0.6 is 0 Å². The monoisotopic (exact) mass is 247 g/mol. The third-order valence-electron chi connectivity index (χ3n) is 2.70. The summed E-state index contributed by atoms with van der Waals surface area (Å²) in [6.07, 6.45) is 1.71. The van der Waals surface area contributed by atoms with Crippen molar-refractivity contribution in [2.24, 2.45) is 5.73 Å². The Morgan fingerprint density at radius 3 is 2.39 bits per heavy atom. The van der Waals surface area contributed by atoms with Crippen LogP contribution in [0.15, 0.2) is 36.9 Å². The standard InChI is InChI=1S/C14H21N3O/c1-4-9-17(14(18)10-15)11-12-5-7-13(8-6-12)16(2)3/h4-8H,1,9-11,15H2,2-3H3. The first-order valence-corrected chi connectivity index (χ1v) is 5.93. The molecule has 1 rings (SSSR count). The second-order valence-electron chi connectivity index (χ2n) is 4.33. The molecule has 0 radical (unpaired) electrons. The van der Waals surface area contributed by atoms with E-state index >= 15 is 0 Å². The molecule has 1 aromatic rings. The topological polar surface area (TPSA) is 49.6 Å². The fourth-order valence-corrected chi connectivity index (χ4v) is 1.66. The lowest BCUT2D eigenvalue weighted by molar-refractivity contribution is -0.129. The van der Waals surface area contributed by atoms with Gasteiger partial charge in [0, 0.05) is 32.9 Å². The Hall–Kier alpha value is -1.81. The lowest BCUT2D eigenvalue weighted by atomic mass is 10.2. The Balaban J connectivity index is 2.74. The quantitative estimate of drug-likeness (QED) is 0.769. The summed E-state index contributed by atoms with van der Waals surface area (Å²) in [6.45, 7) is 4.77. The molecule has 0 aliphatic heterocycles. The van der Waals surface area contributed by atoms with E-state index in [1.165, 1.54) is 0 Å². The Morgan fingerprint density at radius 2 is 1.94 bits per heavy atom. The molecule has 0 fully saturated rings. The molecule has 0 unspecified atom stereocenters. The average Bonchev–Trinajstić information content (AvgIpc) is 2.38. The first-order chi connectivity index (χ1) is 8.58. The highest BCUT2D eigenvalue weighted by Gasteiger charge is 2.10. The van der Waals surface area contributed by atoms with Gasteiger partial charge < -0.3 is 15.5 Å². The average molecular weight is 247 g/mol. The van der Waals surface area contributed by atoms with E-state index in [9.17, 15) is 4.79 Å². The number of anilines is 1. The van der Waals surface area contributed by atoms with Gasteiger partial charge in [-0.1, -0.05) is 18.2 Å². The Labute approximate surface area is 109 Å². The predicted octanol–water partition coefficient (Wildman–Crippen LogP) is 1.23. The number of rotatable bonds is 6. The van der Waals surface area contributed by atoms with Crippen molar-refractivity contribution in [2.75, 3.05) is 32.1 Å². The summed E-state index contributed by atoms with van der Waals surface area (Å²) in [5.74, 6) is -0.0633. The number of hydrogen-bond donors (Lipinski definition) is 1. The zero-order chi connectivity index (χ0) is 13.5. The number of hydrogen-bond acceptors (Lipinski definition) is 3. The van der Waals surface area contributed by atoms with Crippen LogP contribution in [0.2, 0.25) is 0 Å². The smallest absolute Gasteiger partial charge is 0.236 e. The van der Waals surface area contributed by atoms with Crippen LogP contribution in [0.5, 0.6) is 0 Å². The molecule has 0 saturated carbocycles. The van der Waals surface area contributed by atoms with Crippen LogP contribution < -0.4 is 10.6 Å². The minimum absolute atomic E-state index is 0.0314. The van der Waals surface area contributed by atoms with E-state index in [1.807, 2.05) is 43.3 Å². The summed E-state index contributed by atoms with van der Waals surface area (Å²) in [5, 5.41) is 0. The maximum atomic E-state index is 11.6. The molecule has 0 spiro atoms. The van der Waals surface area contributed by atoms with E-state index in [0.29, 0.717) is 13.1 Å². The van der Waals surface area contributed by atoms with E-state index in [-0.39, 0.29) is 12.5 Å². The molecule has 0 atom stereocenters. The zero-order valence-corrected chi connectivity index (χ0v) is 11.1. The summed E-state index contributed by atoms with van der Waals surface area (Å²) in [7, 11) is 3.99. The van der Waals surface area contributed by atoms with Crippen molar-refractivity contribution >= 4 is 11.6 Å². The highest BCUT2D eigenvalue weighted by atomic mass is 16.2. The molecular formula is C14H21N3O. The molecule has 0 saturated heterocycles. The lowest BCUT2D eigenvalue weighted by Crippen LogP contribution is -2.35. The largest absolute Gasteiger partial charge is 0.378 e. The van der Waals surface area contributed by atoms with Crippen molar-refractivity contribution in [1.82, 2.24) is 4.90 Å². The van der Waals surface area contributed by atoms with Gasteiger partial charge >= 0.3 is 0 Å². The lowest BCUT2D eigenvalue weighted by Gasteiger charge is -2.21. The van der Waals surface area contributed by atoms with Gasteiger partial charge in [0.05, 0.1) is 6.54 Å². The van der Waals surface area contributed by atoms with Gasteiger partial charge in [0.1, 0.15) is 0 Å². The van der Waals surface area contributed by atoms with Gasteiger partial charge in [-0.25, -0.2) is 0 Å². The third kappa shape index (κ3) is 3.89. The maximum Gasteiger partial charge on any atom is 0.236 e. The van der Waals surface area contributed by atoms with Crippen molar-refractivity contribution in [3.05, 3.63) is 42.5 Å². The Kier molecular flexibility index (Phi) is 5.39. The zero-order valence-electron chi connectivity index (χ0n) is 11.1. The number of carbonyl (C=O) groups is 1. The van der Waals surface area contributed by atoms with Gasteiger partial charge in [0.25, 0.3) is 0 Å². The number of carbonyl (C=O) groups excluding carboxylic acids is 1. The van der Waals surface area contributed by atoms with Crippen LogP contribution in [-0.2, 0) is 11.3 Å². The molecule has 4 nitrogen and oxygen atoms in total. The second kappa shape index (κ2) is 6.81. The summed E-state index contributed by atoms with van der Waals surface area (Å²) in [6, 6.07) is 8.12. The molecule has 0 aliphatic carbocycles. The van der Waals surface area contributed by atoms with Crippen LogP contribution in [0.4, 0.5) is 5.69 Å². The molecule has 98 valence electrons. The number of nitrogens with zero attached hydrogens (tertiary/aromatic N) is 2. The van der Waals surface area contributed by atoms with Gasteiger partial charge in [0.15, 0.2) is 0 Å². The minimum Gasteiger partial charge on any atom is -0.378 e. The summed E-state index contributed by atoms with van der Waals surface area (Å²) in [5.41, 5.74) is 7.61. The second-order valence-corrected chi connectivity index (χ2v) is 4.33. The van der Waals surface area contributed by atoms with Gasteiger partial charge in [-0.05, 0) is 17.7 Å². The van der Waals surface area contributed by atoms with Gasteiger partial charge in [-0.15, -0.1) is 6.58 Å².